The Bertz CT molecular complexity index is 1180. The van der Waals surface area contributed by atoms with Crippen LogP contribution in [0.1, 0.15) is 27.9 Å². The van der Waals surface area contributed by atoms with E-state index in [9.17, 15) is 24.8 Å². The first-order valence-electron chi connectivity index (χ1n) is 9.45. The molecule has 0 aliphatic carbocycles. The summed E-state index contributed by atoms with van der Waals surface area (Å²) in [5.74, 6) is -1.07. The van der Waals surface area contributed by atoms with Crippen LogP contribution in [-0.4, -0.2) is 21.7 Å². The van der Waals surface area contributed by atoms with Crippen LogP contribution in [-0.2, 0) is 16.9 Å². The monoisotopic (exact) mass is 480 g/mol. The van der Waals surface area contributed by atoms with Gasteiger partial charge in [0.2, 0.25) is 0 Å². The van der Waals surface area contributed by atoms with E-state index in [0.717, 1.165) is 5.56 Å². The van der Waals surface area contributed by atoms with Crippen molar-refractivity contribution in [3.05, 3.63) is 104 Å². The normalized spacial score (nSPS) is 17.5. The molecule has 1 heterocycles. The number of aliphatic hydroxyl groups is 1. The van der Waals surface area contributed by atoms with Crippen molar-refractivity contribution in [3.8, 4) is 0 Å². The summed E-state index contributed by atoms with van der Waals surface area (Å²) in [4.78, 5) is 38.0. The lowest BCUT2D eigenvalue weighted by Gasteiger charge is -2.23. The number of carbonyl (C=O) groups excluding carboxylic acids is 2. The lowest BCUT2D eigenvalue weighted by atomic mass is 9.88. The SMILES string of the molecule is O=C(C[C@@]1(O)C(=O)N(Cc2ccccc2)c2ccc(Br)cc21)c1ccc([N+](=O)[O-])cc1. The van der Waals surface area contributed by atoms with Gasteiger partial charge >= 0.3 is 0 Å². The number of nitro groups is 1. The molecule has 0 unspecified atom stereocenters. The minimum absolute atomic E-state index is 0.143. The highest BCUT2D eigenvalue weighted by Crippen LogP contribution is 2.44. The van der Waals surface area contributed by atoms with Crippen LogP contribution in [0.2, 0.25) is 0 Å². The predicted octanol–water partition coefficient (Wildman–Crippen LogP) is 4.36. The molecule has 1 amide bonds. The molecule has 3 aromatic rings. The van der Waals surface area contributed by atoms with Gasteiger partial charge in [-0.3, -0.25) is 19.7 Å². The topological polar surface area (TPSA) is 101 Å². The molecule has 0 saturated heterocycles. The summed E-state index contributed by atoms with van der Waals surface area (Å²) in [6, 6.07) is 19.6. The molecule has 0 aromatic heterocycles. The highest BCUT2D eigenvalue weighted by molar-refractivity contribution is 9.10. The van der Waals surface area contributed by atoms with E-state index in [-0.39, 0.29) is 17.8 Å². The lowest BCUT2D eigenvalue weighted by molar-refractivity contribution is -0.384. The van der Waals surface area contributed by atoms with Gasteiger partial charge in [-0.25, -0.2) is 0 Å². The van der Waals surface area contributed by atoms with Crippen molar-refractivity contribution in [1.82, 2.24) is 0 Å². The van der Waals surface area contributed by atoms with Crippen molar-refractivity contribution in [3.63, 3.8) is 0 Å². The second-order valence-corrected chi connectivity index (χ2v) is 8.22. The number of hydrogen-bond acceptors (Lipinski definition) is 5. The van der Waals surface area contributed by atoms with Gasteiger partial charge in [0.15, 0.2) is 11.4 Å². The fraction of sp³-hybridized carbons (Fsp3) is 0.130. The molecule has 0 radical (unpaired) electrons. The Kier molecular flexibility index (Phi) is 5.43. The van der Waals surface area contributed by atoms with Crippen molar-refractivity contribution >= 4 is 39.0 Å². The first-order chi connectivity index (χ1) is 14.8. The maximum absolute atomic E-state index is 13.3. The Labute approximate surface area is 186 Å². The number of ketones is 1. The molecular formula is C23H17BrN2O5. The largest absolute Gasteiger partial charge is 0.375 e. The van der Waals surface area contributed by atoms with Crippen LogP contribution in [0.15, 0.2) is 77.3 Å². The van der Waals surface area contributed by atoms with Crippen molar-refractivity contribution in [2.45, 2.75) is 18.6 Å². The zero-order valence-corrected chi connectivity index (χ0v) is 17.8. The van der Waals surface area contributed by atoms with E-state index in [1.54, 1.807) is 18.2 Å². The van der Waals surface area contributed by atoms with Gasteiger partial charge in [0, 0.05) is 27.7 Å². The number of carbonyl (C=O) groups is 2. The van der Waals surface area contributed by atoms with Crippen molar-refractivity contribution in [2.24, 2.45) is 0 Å². The zero-order valence-electron chi connectivity index (χ0n) is 16.2. The maximum Gasteiger partial charge on any atom is 0.269 e. The van der Waals surface area contributed by atoms with Crippen LogP contribution >= 0.6 is 15.9 Å². The number of nitro benzene ring substituents is 1. The third kappa shape index (κ3) is 3.87. The summed E-state index contributed by atoms with van der Waals surface area (Å²) in [7, 11) is 0. The minimum Gasteiger partial charge on any atom is -0.375 e. The Hall–Kier alpha value is -3.36. The molecule has 0 saturated carbocycles. The van der Waals surface area contributed by atoms with Gasteiger partial charge in [-0.15, -0.1) is 0 Å². The van der Waals surface area contributed by atoms with Gasteiger partial charge < -0.3 is 10.0 Å². The van der Waals surface area contributed by atoms with Crippen LogP contribution in [0.3, 0.4) is 0 Å². The molecule has 31 heavy (non-hydrogen) atoms. The molecule has 4 rings (SSSR count). The molecule has 156 valence electrons. The van der Waals surface area contributed by atoms with Gasteiger partial charge in [0.05, 0.1) is 23.6 Å². The van der Waals surface area contributed by atoms with E-state index in [4.69, 9.17) is 0 Å². The van der Waals surface area contributed by atoms with E-state index in [0.29, 0.717) is 15.7 Å². The fourth-order valence-corrected chi connectivity index (χ4v) is 4.08. The predicted molar refractivity (Wildman–Crippen MR) is 118 cm³/mol. The molecule has 0 spiro atoms. The van der Waals surface area contributed by atoms with E-state index in [2.05, 4.69) is 15.9 Å². The van der Waals surface area contributed by atoms with Gasteiger partial charge in [-0.05, 0) is 35.9 Å². The van der Waals surface area contributed by atoms with Crippen LogP contribution in [0.5, 0.6) is 0 Å². The van der Waals surface area contributed by atoms with E-state index in [1.807, 2.05) is 30.3 Å². The summed E-state index contributed by atoms with van der Waals surface area (Å²) >= 11 is 3.37. The molecule has 1 N–H and O–H groups in total. The Morgan fingerprint density at radius 2 is 1.74 bits per heavy atom. The van der Waals surface area contributed by atoms with Crippen LogP contribution in [0.4, 0.5) is 11.4 Å². The van der Waals surface area contributed by atoms with E-state index >= 15 is 0 Å². The molecule has 8 heteroatoms. The number of hydrogen-bond donors (Lipinski definition) is 1. The first kappa shape index (κ1) is 20.9. The second-order valence-electron chi connectivity index (χ2n) is 7.30. The van der Waals surface area contributed by atoms with Gasteiger partial charge in [0.25, 0.3) is 11.6 Å². The molecular weight excluding hydrogens is 464 g/mol. The first-order valence-corrected chi connectivity index (χ1v) is 10.2. The minimum atomic E-state index is -2.03. The number of rotatable bonds is 6. The van der Waals surface area contributed by atoms with Crippen molar-refractivity contribution < 1.29 is 19.6 Å². The highest BCUT2D eigenvalue weighted by atomic mass is 79.9. The van der Waals surface area contributed by atoms with Crippen LogP contribution in [0.25, 0.3) is 0 Å². The number of halogens is 1. The standard InChI is InChI=1S/C23H17BrN2O5/c24-17-8-11-20-19(12-17)23(29,22(28)25(20)14-15-4-2-1-3-5-15)13-21(27)16-6-9-18(10-7-16)26(30)31/h1-12,29H,13-14H2/t23-/m0/s1. The fourth-order valence-electron chi connectivity index (χ4n) is 3.72. The highest BCUT2D eigenvalue weighted by Gasteiger charge is 2.51. The Balaban J connectivity index is 1.67. The van der Waals surface area contributed by atoms with E-state index in [1.165, 1.54) is 29.2 Å². The van der Waals surface area contributed by atoms with Gasteiger partial charge in [-0.2, -0.15) is 0 Å². The van der Waals surface area contributed by atoms with Crippen LogP contribution < -0.4 is 4.90 Å². The summed E-state index contributed by atoms with van der Waals surface area (Å²) in [6.07, 6.45) is -0.474. The van der Waals surface area contributed by atoms with E-state index < -0.39 is 28.6 Å². The number of nitrogens with zero attached hydrogens (tertiary/aromatic N) is 2. The molecule has 0 bridgehead atoms. The summed E-state index contributed by atoms with van der Waals surface area (Å²) in [6.45, 7) is 0.252. The number of benzene rings is 3. The molecule has 0 fully saturated rings. The smallest absolute Gasteiger partial charge is 0.269 e. The number of fused-ring (bicyclic) bond motifs is 1. The zero-order chi connectivity index (χ0) is 22.2. The molecule has 7 nitrogen and oxygen atoms in total. The van der Waals surface area contributed by atoms with Gasteiger partial charge in [-0.1, -0.05) is 46.3 Å². The van der Waals surface area contributed by atoms with Gasteiger partial charge in [0.1, 0.15) is 0 Å². The molecule has 1 aliphatic rings. The maximum atomic E-state index is 13.3. The average molecular weight is 481 g/mol. The number of anilines is 1. The average Bonchev–Trinajstić information content (AvgIpc) is 2.96. The number of amides is 1. The van der Waals surface area contributed by atoms with Crippen molar-refractivity contribution in [1.29, 1.82) is 0 Å². The second kappa shape index (κ2) is 8.05. The number of non-ortho nitro benzene ring substituents is 1. The van der Waals surface area contributed by atoms with Crippen LogP contribution in [0, 0.1) is 10.1 Å². The number of Topliss-reactive ketones (excluding diaryl/α,β-unsaturated/α-hetero) is 1. The summed E-state index contributed by atoms with van der Waals surface area (Å²) in [5.41, 5.74) is -0.225. The third-order valence-electron chi connectivity index (χ3n) is 5.29. The van der Waals surface area contributed by atoms with Crippen molar-refractivity contribution in [2.75, 3.05) is 4.90 Å². The summed E-state index contributed by atoms with van der Waals surface area (Å²) < 4.78 is 0.668. The summed E-state index contributed by atoms with van der Waals surface area (Å²) in [5, 5.41) is 22.3. The Morgan fingerprint density at radius 1 is 1.06 bits per heavy atom. The molecule has 1 atom stereocenters. The Morgan fingerprint density at radius 3 is 2.39 bits per heavy atom. The molecule has 3 aromatic carbocycles. The molecule has 1 aliphatic heterocycles. The quantitative estimate of drug-likeness (QED) is 0.320. The third-order valence-corrected chi connectivity index (χ3v) is 5.79. The lowest BCUT2D eigenvalue weighted by Crippen LogP contribution is -2.41.